The predicted octanol–water partition coefficient (Wildman–Crippen LogP) is 3.26. The van der Waals surface area contributed by atoms with Gasteiger partial charge in [-0.05, 0) is 34.9 Å². The highest BCUT2D eigenvalue weighted by molar-refractivity contribution is 5.87. The van der Waals surface area contributed by atoms with Crippen LogP contribution in [0, 0.1) is 0 Å². The quantitative estimate of drug-likeness (QED) is 0.892. The highest BCUT2D eigenvalue weighted by Gasteiger charge is 2.04. The summed E-state index contributed by atoms with van der Waals surface area (Å²) in [5.74, 6) is 0.933. The molecule has 2 aromatic carbocycles. The molecule has 2 aromatic rings. The van der Waals surface area contributed by atoms with Gasteiger partial charge >= 0.3 is 0 Å². The molecule has 0 atom stereocenters. The van der Waals surface area contributed by atoms with Crippen molar-refractivity contribution in [3.63, 3.8) is 0 Å². The Morgan fingerprint density at radius 1 is 1.26 bits per heavy atom. The Kier molecular flexibility index (Phi) is 4.39. The molecule has 0 aromatic heterocycles. The minimum absolute atomic E-state index is 0.0994. The van der Waals surface area contributed by atoms with Crippen molar-refractivity contribution in [3.05, 3.63) is 42.0 Å². The number of hydrogen-bond acceptors (Lipinski definition) is 2. The molecule has 1 N–H and O–H groups in total. The van der Waals surface area contributed by atoms with E-state index >= 15 is 0 Å². The van der Waals surface area contributed by atoms with Crippen molar-refractivity contribution < 1.29 is 9.53 Å². The van der Waals surface area contributed by atoms with Gasteiger partial charge in [-0.25, -0.2) is 0 Å². The fraction of sp³-hybridized carbons (Fsp3) is 0.312. The van der Waals surface area contributed by atoms with E-state index in [1.165, 1.54) is 0 Å². The Morgan fingerprint density at radius 3 is 2.84 bits per heavy atom. The summed E-state index contributed by atoms with van der Waals surface area (Å²) in [6, 6.07) is 12.1. The van der Waals surface area contributed by atoms with E-state index in [-0.39, 0.29) is 5.91 Å². The number of carbonyl (C=O) groups excluding carboxylic acids is 1. The second-order valence-electron chi connectivity index (χ2n) is 4.53. The monoisotopic (exact) mass is 257 g/mol. The summed E-state index contributed by atoms with van der Waals surface area (Å²) in [7, 11) is 1.66. The third-order valence-corrected chi connectivity index (χ3v) is 3.13. The van der Waals surface area contributed by atoms with Crippen LogP contribution < -0.4 is 10.1 Å². The minimum Gasteiger partial charge on any atom is -0.497 e. The average Bonchev–Trinajstić information content (AvgIpc) is 2.44. The molecular weight excluding hydrogens is 238 g/mol. The Balaban J connectivity index is 2.24. The first kappa shape index (κ1) is 13.4. The van der Waals surface area contributed by atoms with Crippen molar-refractivity contribution in [1.29, 1.82) is 0 Å². The average molecular weight is 257 g/mol. The van der Waals surface area contributed by atoms with Crippen LogP contribution in [-0.2, 0) is 11.3 Å². The van der Waals surface area contributed by atoms with Gasteiger partial charge < -0.3 is 10.1 Å². The van der Waals surface area contributed by atoms with Gasteiger partial charge in [0.05, 0.1) is 7.11 Å². The van der Waals surface area contributed by atoms with E-state index < -0.39 is 0 Å². The van der Waals surface area contributed by atoms with Crippen LogP contribution >= 0.6 is 0 Å². The molecule has 0 unspecified atom stereocenters. The second kappa shape index (κ2) is 6.23. The van der Waals surface area contributed by atoms with Gasteiger partial charge in [-0.3, -0.25) is 4.79 Å². The van der Waals surface area contributed by atoms with Gasteiger partial charge in [0, 0.05) is 13.0 Å². The van der Waals surface area contributed by atoms with Crippen molar-refractivity contribution in [1.82, 2.24) is 5.32 Å². The Bertz CT molecular complexity index is 578. The molecule has 0 saturated heterocycles. The van der Waals surface area contributed by atoms with E-state index in [0.29, 0.717) is 13.0 Å². The first-order chi connectivity index (χ1) is 9.24. The first-order valence-corrected chi connectivity index (χ1v) is 6.57. The third kappa shape index (κ3) is 3.25. The summed E-state index contributed by atoms with van der Waals surface area (Å²) < 4.78 is 5.25. The van der Waals surface area contributed by atoms with E-state index in [4.69, 9.17) is 4.74 Å². The number of carbonyl (C=O) groups is 1. The molecule has 0 saturated carbocycles. The zero-order valence-corrected chi connectivity index (χ0v) is 11.4. The van der Waals surface area contributed by atoms with Crippen LogP contribution in [0.2, 0.25) is 0 Å². The Labute approximate surface area is 113 Å². The van der Waals surface area contributed by atoms with Crippen molar-refractivity contribution in [2.24, 2.45) is 0 Å². The lowest BCUT2D eigenvalue weighted by molar-refractivity contribution is -0.121. The van der Waals surface area contributed by atoms with Crippen LogP contribution in [0.25, 0.3) is 10.8 Å². The summed E-state index contributed by atoms with van der Waals surface area (Å²) in [4.78, 5) is 11.5. The predicted molar refractivity (Wildman–Crippen MR) is 77.3 cm³/mol. The van der Waals surface area contributed by atoms with Crippen LogP contribution in [0.15, 0.2) is 36.4 Å². The highest BCUT2D eigenvalue weighted by Crippen LogP contribution is 2.24. The van der Waals surface area contributed by atoms with Gasteiger partial charge in [-0.2, -0.15) is 0 Å². The van der Waals surface area contributed by atoms with Gasteiger partial charge in [-0.15, -0.1) is 0 Å². The van der Waals surface area contributed by atoms with Crippen molar-refractivity contribution in [3.8, 4) is 5.75 Å². The fourth-order valence-electron chi connectivity index (χ4n) is 2.11. The molecule has 0 heterocycles. The molecule has 0 fully saturated rings. The minimum atomic E-state index is 0.0994. The van der Waals surface area contributed by atoms with Gasteiger partial charge in [0.2, 0.25) is 5.91 Å². The number of ether oxygens (including phenoxy) is 1. The van der Waals surface area contributed by atoms with Crippen molar-refractivity contribution in [2.45, 2.75) is 26.3 Å². The van der Waals surface area contributed by atoms with Gasteiger partial charge in [0.1, 0.15) is 5.75 Å². The van der Waals surface area contributed by atoms with Crippen molar-refractivity contribution >= 4 is 16.7 Å². The van der Waals surface area contributed by atoms with E-state index in [0.717, 1.165) is 28.5 Å². The van der Waals surface area contributed by atoms with E-state index in [1.807, 2.05) is 37.3 Å². The Morgan fingerprint density at radius 2 is 2.11 bits per heavy atom. The molecular formula is C16H19NO2. The number of nitrogens with one attached hydrogen (secondary N) is 1. The number of fused-ring (bicyclic) bond motifs is 1. The Hall–Kier alpha value is -2.03. The maximum absolute atomic E-state index is 11.5. The van der Waals surface area contributed by atoms with Gasteiger partial charge in [-0.1, -0.05) is 31.2 Å². The van der Waals surface area contributed by atoms with Crippen molar-refractivity contribution in [2.75, 3.05) is 7.11 Å². The smallest absolute Gasteiger partial charge is 0.220 e. The summed E-state index contributed by atoms with van der Waals surface area (Å²) in [5.41, 5.74) is 1.11. The topological polar surface area (TPSA) is 38.3 Å². The molecule has 0 spiro atoms. The van der Waals surface area contributed by atoms with Crippen LogP contribution in [-0.4, -0.2) is 13.0 Å². The molecule has 0 aliphatic carbocycles. The largest absolute Gasteiger partial charge is 0.497 e. The standard InChI is InChI=1S/C16H19NO2/c1-3-5-16(18)17-11-13-7-4-6-12-8-9-14(19-2)10-15(12)13/h4,6-10H,3,5,11H2,1-2H3,(H,17,18). The summed E-state index contributed by atoms with van der Waals surface area (Å²) in [5, 5.41) is 5.23. The molecule has 2 rings (SSSR count). The highest BCUT2D eigenvalue weighted by atomic mass is 16.5. The lowest BCUT2D eigenvalue weighted by Gasteiger charge is -2.09. The number of rotatable bonds is 5. The van der Waals surface area contributed by atoms with Crippen LogP contribution in [0.1, 0.15) is 25.3 Å². The lowest BCUT2D eigenvalue weighted by Crippen LogP contribution is -2.22. The van der Waals surface area contributed by atoms with E-state index in [9.17, 15) is 4.79 Å². The molecule has 0 radical (unpaired) electrons. The van der Waals surface area contributed by atoms with Gasteiger partial charge in [0.15, 0.2) is 0 Å². The molecule has 3 heteroatoms. The van der Waals surface area contributed by atoms with E-state index in [1.54, 1.807) is 7.11 Å². The fourth-order valence-corrected chi connectivity index (χ4v) is 2.11. The molecule has 0 bridgehead atoms. The lowest BCUT2D eigenvalue weighted by atomic mass is 10.0. The number of amides is 1. The third-order valence-electron chi connectivity index (χ3n) is 3.13. The number of hydrogen-bond donors (Lipinski definition) is 1. The molecule has 19 heavy (non-hydrogen) atoms. The molecule has 0 aliphatic rings. The molecule has 100 valence electrons. The molecule has 1 amide bonds. The summed E-state index contributed by atoms with van der Waals surface area (Å²) in [6.45, 7) is 2.56. The first-order valence-electron chi connectivity index (χ1n) is 6.57. The number of methoxy groups -OCH3 is 1. The maximum atomic E-state index is 11.5. The SMILES string of the molecule is CCCC(=O)NCc1cccc2ccc(OC)cc12. The normalized spacial score (nSPS) is 10.4. The van der Waals surface area contributed by atoms with Crippen LogP contribution in [0.4, 0.5) is 0 Å². The number of benzene rings is 2. The van der Waals surface area contributed by atoms with E-state index in [2.05, 4.69) is 11.4 Å². The summed E-state index contributed by atoms with van der Waals surface area (Å²) in [6.07, 6.45) is 1.45. The summed E-state index contributed by atoms with van der Waals surface area (Å²) >= 11 is 0. The zero-order chi connectivity index (χ0) is 13.7. The van der Waals surface area contributed by atoms with Crippen LogP contribution in [0.3, 0.4) is 0 Å². The van der Waals surface area contributed by atoms with Gasteiger partial charge in [0.25, 0.3) is 0 Å². The molecule has 3 nitrogen and oxygen atoms in total. The second-order valence-corrected chi connectivity index (χ2v) is 4.53. The molecule has 0 aliphatic heterocycles. The maximum Gasteiger partial charge on any atom is 0.220 e. The zero-order valence-electron chi connectivity index (χ0n) is 11.4. The van der Waals surface area contributed by atoms with Crippen LogP contribution in [0.5, 0.6) is 5.75 Å².